The molecule has 16 heavy (non-hydrogen) atoms. The van der Waals surface area contributed by atoms with Crippen molar-refractivity contribution in [2.45, 2.75) is 44.9 Å². The Morgan fingerprint density at radius 3 is 2.94 bits per heavy atom. The average Bonchev–Trinajstić information content (AvgIpc) is 2.69. The van der Waals surface area contributed by atoms with Crippen LogP contribution < -0.4 is 0 Å². The summed E-state index contributed by atoms with van der Waals surface area (Å²) in [6.45, 7) is 0. The average molecular weight is 222 g/mol. The number of ketones is 1. The summed E-state index contributed by atoms with van der Waals surface area (Å²) in [5.74, 6) is 6.38. The van der Waals surface area contributed by atoms with E-state index in [1.54, 1.807) is 0 Å². The van der Waals surface area contributed by atoms with Gasteiger partial charge in [0.2, 0.25) is 0 Å². The standard InChI is InChI=1S/C13H18O3/c1-16-13(15)10-5-3-2-4-7-11-8-6-9-12(11)14/h11H,3,5-10H2,1H3. The Bertz CT molecular complexity index is 309. The van der Waals surface area contributed by atoms with Crippen LogP contribution in [0.1, 0.15) is 44.9 Å². The molecule has 0 saturated heterocycles. The zero-order valence-corrected chi connectivity index (χ0v) is 9.75. The minimum atomic E-state index is -0.187. The molecular weight excluding hydrogens is 204 g/mol. The van der Waals surface area contributed by atoms with Crippen LogP contribution in [0.15, 0.2) is 0 Å². The highest BCUT2D eigenvalue weighted by molar-refractivity contribution is 5.83. The molecule has 0 bridgehead atoms. The van der Waals surface area contributed by atoms with Gasteiger partial charge in [-0.15, -0.1) is 11.8 Å². The number of unbranched alkanes of at least 4 members (excludes halogenated alkanes) is 1. The van der Waals surface area contributed by atoms with Gasteiger partial charge in [-0.05, 0) is 19.3 Å². The van der Waals surface area contributed by atoms with Gasteiger partial charge < -0.3 is 4.74 Å². The Morgan fingerprint density at radius 2 is 2.31 bits per heavy atom. The summed E-state index contributed by atoms with van der Waals surface area (Å²) in [5.41, 5.74) is 0. The summed E-state index contributed by atoms with van der Waals surface area (Å²) in [5, 5.41) is 0. The van der Waals surface area contributed by atoms with Gasteiger partial charge in [-0.3, -0.25) is 9.59 Å². The molecule has 3 nitrogen and oxygen atoms in total. The lowest BCUT2D eigenvalue weighted by molar-refractivity contribution is -0.140. The highest BCUT2D eigenvalue weighted by Crippen LogP contribution is 2.23. The molecule has 1 unspecified atom stereocenters. The zero-order valence-electron chi connectivity index (χ0n) is 9.75. The van der Waals surface area contributed by atoms with Crippen molar-refractivity contribution in [1.29, 1.82) is 0 Å². The van der Waals surface area contributed by atoms with Gasteiger partial charge in [-0.25, -0.2) is 0 Å². The second kappa shape index (κ2) is 7.05. The first-order valence-corrected chi connectivity index (χ1v) is 5.79. The van der Waals surface area contributed by atoms with Crippen molar-refractivity contribution in [1.82, 2.24) is 0 Å². The van der Waals surface area contributed by atoms with Crippen LogP contribution in [0.5, 0.6) is 0 Å². The van der Waals surface area contributed by atoms with Gasteiger partial charge in [-0.2, -0.15) is 0 Å². The summed E-state index contributed by atoms with van der Waals surface area (Å²) in [6, 6.07) is 0. The molecule has 0 aliphatic heterocycles. The number of carbonyl (C=O) groups excluding carboxylic acids is 2. The summed E-state index contributed by atoms with van der Waals surface area (Å²) < 4.78 is 4.52. The number of esters is 1. The Kier molecular flexibility index (Phi) is 5.63. The molecule has 0 heterocycles. The van der Waals surface area contributed by atoms with Crippen LogP contribution in [0.3, 0.4) is 0 Å². The lowest BCUT2D eigenvalue weighted by Crippen LogP contribution is -2.04. The van der Waals surface area contributed by atoms with Gasteiger partial charge in [0.25, 0.3) is 0 Å². The fourth-order valence-corrected chi connectivity index (χ4v) is 1.81. The molecule has 1 rings (SSSR count). The Hall–Kier alpha value is -1.30. The minimum Gasteiger partial charge on any atom is -0.469 e. The number of ether oxygens (including phenoxy) is 1. The van der Waals surface area contributed by atoms with Crippen LogP contribution in [0.2, 0.25) is 0 Å². The van der Waals surface area contributed by atoms with Crippen molar-refractivity contribution in [3.63, 3.8) is 0 Å². The van der Waals surface area contributed by atoms with E-state index in [2.05, 4.69) is 16.6 Å². The molecule has 0 radical (unpaired) electrons. The normalized spacial score (nSPS) is 19.1. The molecule has 0 N–H and O–H groups in total. The predicted molar refractivity (Wildman–Crippen MR) is 60.6 cm³/mol. The van der Waals surface area contributed by atoms with Gasteiger partial charge in [0.05, 0.1) is 7.11 Å². The molecule has 1 aliphatic carbocycles. The maximum Gasteiger partial charge on any atom is 0.305 e. The molecule has 1 atom stereocenters. The van der Waals surface area contributed by atoms with E-state index in [0.717, 1.165) is 25.7 Å². The number of rotatable bonds is 4. The highest BCUT2D eigenvalue weighted by Gasteiger charge is 2.22. The molecule has 1 saturated carbocycles. The molecule has 1 aliphatic rings. The van der Waals surface area contributed by atoms with Crippen molar-refractivity contribution >= 4 is 11.8 Å². The van der Waals surface area contributed by atoms with Gasteiger partial charge in [0.15, 0.2) is 0 Å². The van der Waals surface area contributed by atoms with Crippen LogP contribution in [0.25, 0.3) is 0 Å². The largest absolute Gasteiger partial charge is 0.469 e. The molecule has 0 aromatic rings. The maximum atomic E-state index is 11.3. The van der Waals surface area contributed by atoms with E-state index in [1.807, 2.05) is 0 Å². The number of carbonyl (C=O) groups is 2. The van der Waals surface area contributed by atoms with Gasteiger partial charge >= 0.3 is 5.97 Å². The van der Waals surface area contributed by atoms with Crippen molar-refractivity contribution in [3.8, 4) is 11.8 Å². The number of methoxy groups -OCH3 is 1. The van der Waals surface area contributed by atoms with E-state index >= 15 is 0 Å². The fourth-order valence-electron chi connectivity index (χ4n) is 1.81. The third kappa shape index (κ3) is 4.48. The lowest BCUT2D eigenvalue weighted by atomic mass is 10.0. The third-order valence-corrected chi connectivity index (χ3v) is 2.81. The van der Waals surface area contributed by atoms with Crippen LogP contribution >= 0.6 is 0 Å². The molecule has 88 valence electrons. The van der Waals surface area contributed by atoms with E-state index < -0.39 is 0 Å². The maximum absolute atomic E-state index is 11.3. The molecule has 0 spiro atoms. The Balaban J connectivity index is 2.09. The number of hydrogen-bond donors (Lipinski definition) is 0. The summed E-state index contributed by atoms with van der Waals surface area (Å²) >= 11 is 0. The van der Waals surface area contributed by atoms with Gasteiger partial charge in [0.1, 0.15) is 5.78 Å². The summed E-state index contributed by atoms with van der Waals surface area (Å²) in [7, 11) is 1.39. The monoisotopic (exact) mass is 222 g/mol. The molecule has 3 heteroatoms. The van der Waals surface area contributed by atoms with Crippen LogP contribution in [0, 0.1) is 17.8 Å². The van der Waals surface area contributed by atoms with Crippen molar-refractivity contribution in [2.24, 2.45) is 5.92 Å². The van der Waals surface area contributed by atoms with Crippen molar-refractivity contribution in [2.75, 3.05) is 7.11 Å². The van der Waals surface area contributed by atoms with E-state index in [0.29, 0.717) is 25.0 Å². The highest BCUT2D eigenvalue weighted by atomic mass is 16.5. The van der Waals surface area contributed by atoms with Crippen molar-refractivity contribution < 1.29 is 14.3 Å². The quantitative estimate of drug-likeness (QED) is 0.415. The van der Waals surface area contributed by atoms with Gasteiger partial charge in [-0.1, -0.05) is 0 Å². The van der Waals surface area contributed by atoms with Crippen molar-refractivity contribution in [3.05, 3.63) is 0 Å². The summed E-state index contributed by atoms with van der Waals surface area (Å²) in [4.78, 5) is 22.1. The van der Waals surface area contributed by atoms with Crippen LogP contribution in [-0.4, -0.2) is 18.9 Å². The molecule has 1 fully saturated rings. The number of hydrogen-bond acceptors (Lipinski definition) is 3. The predicted octanol–water partition coefficient (Wildman–Crippen LogP) is 2.09. The zero-order chi connectivity index (χ0) is 11.8. The van der Waals surface area contributed by atoms with E-state index in [1.165, 1.54) is 7.11 Å². The Labute approximate surface area is 96.5 Å². The first kappa shape index (κ1) is 12.8. The first-order valence-electron chi connectivity index (χ1n) is 5.79. The van der Waals surface area contributed by atoms with E-state index in [4.69, 9.17) is 0 Å². The van der Waals surface area contributed by atoms with Gasteiger partial charge in [0, 0.05) is 31.6 Å². The van der Waals surface area contributed by atoms with E-state index in [9.17, 15) is 9.59 Å². The van der Waals surface area contributed by atoms with Crippen LogP contribution in [-0.2, 0) is 14.3 Å². The second-order valence-electron chi connectivity index (χ2n) is 4.04. The van der Waals surface area contributed by atoms with Crippen LogP contribution in [0.4, 0.5) is 0 Å². The topological polar surface area (TPSA) is 43.4 Å². The smallest absolute Gasteiger partial charge is 0.305 e. The summed E-state index contributed by atoms with van der Waals surface area (Å²) in [6.07, 6.45) is 5.30. The first-order chi connectivity index (χ1) is 7.74. The lowest BCUT2D eigenvalue weighted by Gasteiger charge is -1.99. The molecule has 0 aromatic carbocycles. The fraction of sp³-hybridized carbons (Fsp3) is 0.692. The Morgan fingerprint density at radius 1 is 1.50 bits per heavy atom. The SMILES string of the molecule is COC(=O)CCCC#CCC1CCCC1=O. The molecule has 0 amide bonds. The second-order valence-corrected chi connectivity index (χ2v) is 4.04. The van der Waals surface area contributed by atoms with E-state index in [-0.39, 0.29) is 11.9 Å². The molecule has 0 aromatic heterocycles. The third-order valence-electron chi connectivity index (χ3n) is 2.81. The minimum absolute atomic E-state index is 0.174. The molecular formula is C13H18O3. The number of Topliss-reactive ketones (excluding diaryl/α,β-unsaturated/α-hetero) is 1.